The number of hydrogen-bond acceptors (Lipinski definition) is 5. The van der Waals surface area contributed by atoms with Crippen LogP contribution in [0.15, 0.2) is 48.5 Å². The van der Waals surface area contributed by atoms with E-state index in [4.69, 9.17) is 14.2 Å². The maximum atomic E-state index is 12.2. The van der Waals surface area contributed by atoms with E-state index in [-0.39, 0.29) is 11.7 Å². The van der Waals surface area contributed by atoms with Crippen molar-refractivity contribution < 1.29 is 23.8 Å². The summed E-state index contributed by atoms with van der Waals surface area (Å²) in [6, 6.07) is 13.1. The third kappa shape index (κ3) is 5.64. The molecule has 0 bridgehead atoms. The Hall–Kier alpha value is -2.82. The Morgan fingerprint density at radius 3 is 2.28 bits per heavy atom. The van der Waals surface area contributed by atoms with Gasteiger partial charge in [0.2, 0.25) is 0 Å². The zero-order valence-electron chi connectivity index (χ0n) is 14.7. The molecule has 25 heavy (non-hydrogen) atoms. The van der Waals surface area contributed by atoms with Gasteiger partial charge in [0.25, 0.3) is 0 Å². The van der Waals surface area contributed by atoms with Crippen molar-refractivity contribution in [3.8, 4) is 11.5 Å². The molecule has 0 spiro atoms. The van der Waals surface area contributed by atoms with Crippen LogP contribution >= 0.6 is 0 Å². The lowest BCUT2D eigenvalue weighted by Crippen LogP contribution is -2.11. The van der Waals surface area contributed by atoms with E-state index in [1.165, 1.54) is 6.07 Å². The molecule has 5 heteroatoms. The van der Waals surface area contributed by atoms with Gasteiger partial charge in [-0.25, -0.2) is 9.59 Å². The minimum Gasteiger partial charge on any atom is -0.494 e. The molecule has 0 saturated carbocycles. The normalized spacial score (nSPS) is 10.4. The van der Waals surface area contributed by atoms with Crippen LogP contribution < -0.4 is 9.47 Å². The first-order valence-electron chi connectivity index (χ1n) is 8.21. The highest BCUT2D eigenvalue weighted by molar-refractivity contribution is 5.92. The summed E-state index contributed by atoms with van der Waals surface area (Å²) in [5.74, 6) is 0.292. The standard InChI is InChI=1S/C20H22O5/c1-4-23-17-10-8-15(9-11-17)20(22)25-18-7-5-6-16(12-18)19(21)24-13-14(2)3/h5-12,14H,4,13H2,1-3H3. The minimum absolute atomic E-state index is 0.254. The zero-order valence-corrected chi connectivity index (χ0v) is 14.7. The minimum atomic E-state index is -0.504. The molecule has 0 atom stereocenters. The summed E-state index contributed by atoms with van der Waals surface area (Å²) in [7, 11) is 0. The highest BCUT2D eigenvalue weighted by atomic mass is 16.5. The van der Waals surface area contributed by atoms with Crippen LogP contribution in [0.2, 0.25) is 0 Å². The fourth-order valence-electron chi connectivity index (χ4n) is 2.03. The fourth-order valence-corrected chi connectivity index (χ4v) is 2.03. The Labute approximate surface area is 147 Å². The van der Waals surface area contributed by atoms with E-state index in [1.807, 2.05) is 20.8 Å². The molecule has 0 amide bonds. The van der Waals surface area contributed by atoms with Crippen molar-refractivity contribution in [3.63, 3.8) is 0 Å². The lowest BCUT2D eigenvalue weighted by Gasteiger charge is -2.09. The van der Waals surface area contributed by atoms with Crippen LogP contribution in [-0.2, 0) is 4.74 Å². The summed E-state index contributed by atoms with van der Waals surface area (Å²) >= 11 is 0. The molecule has 0 unspecified atom stereocenters. The van der Waals surface area contributed by atoms with Crippen molar-refractivity contribution in [2.45, 2.75) is 20.8 Å². The summed E-state index contributed by atoms with van der Waals surface area (Å²) in [5, 5.41) is 0. The van der Waals surface area contributed by atoms with E-state index in [1.54, 1.807) is 42.5 Å². The smallest absolute Gasteiger partial charge is 0.343 e. The maximum Gasteiger partial charge on any atom is 0.343 e. The molecule has 0 aromatic heterocycles. The molecule has 2 rings (SSSR count). The van der Waals surface area contributed by atoms with Gasteiger partial charge >= 0.3 is 11.9 Å². The lowest BCUT2D eigenvalue weighted by molar-refractivity contribution is 0.0457. The second-order valence-electron chi connectivity index (χ2n) is 5.87. The first-order valence-corrected chi connectivity index (χ1v) is 8.21. The topological polar surface area (TPSA) is 61.8 Å². The summed E-state index contributed by atoms with van der Waals surface area (Å²) in [6.45, 7) is 6.71. The molecular formula is C20H22O5. The molecule has 0 saturated heterocycles. The van der Waals surface area contributed by atoms with Gasteiger partial charge in [-0.2, -0.15) is 0 Å². The van der Waals surface area contributed by atoms with Crippen molar-refractivity contribution in [1.82, 2.24) is 0 Å². The molecule has 0 aliphatic heterocycles. The molecule has 0 aliphatic carbocycles. The van der Waals surface area contributed by atoms with Crippen LogP contribution in [0.1, 0.15) is 41.5 Å². The summed E-state index contributed by atoms with van der Waals surface area (Å²) in [4.78, 5) is 24.2. The summed E-state index contributed by atoms with van der Waals surface area (Å²) in [5.41, 5.74) is 0.744. The average Bonchev–Trinajstić information content (AvgIpc) is 2.60. The van der Waals surface area contributed by atoms with Crippen LogP contribution in [0, 0.1) is 5.92 Å². The monoisotopic (exact) mass is 342 g/mol. The number of ether oxygens (including phenoxy) is 3. The van der Waals surface area contributed by atoms with Gasteiger partial charge in [-0.15, -0.1) is 0 Å². The molecule has 5 nitrogen and oxygen atoms in total. The molecular weight excluding hydrogens is 320 g/mol. The molecule has 2 aromatic carbocycles. The van der Waals surface area contributed by atoms with Gasteiger partial charge in [0.15, 0.2) is 0 Å². The maximum absolute atomic E-state index is 12.2. The van der Waals surface area contributed by atoms with Crippen molar-refractivity contribution in [1.29, 1.82) is 0 Å². The van der Waals surface area contributed by atoms with E-state index >= 15 is 0 Å². The largest absolute Gasteiger partial charge is 0.494 e. The van der Waals surface area contributed by atoms with Gasteiger partial charge in [0.1, 0.15) is 11.5 Å². The van der Waals surface area contributed by atoms with E-state index in [0.29, 0.717) is 30.1 Å². The highest BCUT2D eigenvalue weighted by Crippen LogP contribution is 2.18. The number of benzene rings is 2. The van der Waals surface area contributed by atoms with E-state index < -0.39 is 11.9 Å². The van der Waals surface area contributed by atoms with Gasteiger partial charge in [0.05, 0.1) is 24.3 Å². The Bertz CT molecular complexity index is 719. The second-order valence-corrected chi connectivity index (χ2v) is 5.87. The van der Waals surface area contributed by atoms with Gasteiger partial charge in [-0.05, 0) is 55.3 Å². The van der Waals surface area contributed by atoms with E-state index in [9.17, 15) is 9.59 Å². The van der Waals surface area contributed by atoms with Gasteiger partial charge < -0.3 is 14.2 Å². The Morgan fingerprint density at radius 1 is 0.920 bits per heavy atom. The lowest BCUT2D eigenvalue weighted by atomic mass is 10.2. The van der Waals surface area contributed by atoms with Gasteiger partial charge in [0, 0.05) is 0 Å². The van der Waals surface area contributed by atoms with Crippen molar-refractivity contribution in [2.24, 2.45) is 5.92 Å². The highest BCUT2D eigenvalue weighted by Gasteiger charge is 2.12. The molecule has 0 radical (unpaired) electrons. The first-order chi connectivity index (χ1) is 12.0. The molecule has 0 N–H and O–H groups in total. The molecule has 2 aromatic rings. The summed E-state index contributed by atoms with van der Waals surface area (Å²) in [6.07, 6.45) is 0. The number of rotatable bonds is 7. The van der Waals surface area contributed by atoms with E-state index in [2.05, 4.69) is 0 Å². The Balaban J connectivity index is 2.03. The third-order valence-corrected chi connectivity index (χ3v) is 3.23. The van der Waals surface area contributed by atoms with Crippen molar-refractivity contribution in [3.05, 3.63) is 59.7 Å². The van der Waals surface area contributed by atoms with E-state index in [0.717, 1.165) is 0 Å². The number of carbonyl (C=O) groups excluding carboxylic acids is 2. The quantitative estimate of drug-likeness (QED) is 0.559. The fraction of sp³-hybridized carbons (Fsp3) is 0.300. The predicted octanol–water partition coefficient (Wildman–Crippen LogP) is 4.12. The van der Waals surface area contributed by atoms with Crippen LogP contribution in [0.25, 0.3) is 0 Å². The third-order valence-electron chi connectivity index (χ3n) is 3.23. The van der Waals surface area contributed by atoms with Crippen molar-refractivity contribution in [2.75, 3.05) is 13.2 Å². The SMILES string of the molecule is CCOc1ccc(C(=O)Oc2cccc(C(=O)OCC(C)C)c2)cc1. The molecule has 0 fully saturated rings. The van der Waals surface area contributed by atoms with Gasteiger partial charge in [-0.1, -0.05) is 19.9 Å². The average molecular weight is 342 g/mol. The first kappa shape index (κ1) is 18.5. The molecule has 132 valence electrons. The Kier molecular flexibility index (Phi) is 6.57. The predicted molar refractivity (Wildman–Crippen MR) is 94.1 cm³/mol. The summed E-state index contributed by atoms with van der Waals surface area (Å²) < 4.78 is 15.8. The van der Waals surface area contributed by atoms with Crippen LogP contribution in [0.4, 0.5) is 0 Å². The molecule has 0 heterocycles. The Morgan fingerprint density at radius 2 is 1.64 bits per heavy atom. The van der Waals surface area contributed by atoms with Crippen molar-refractivity contribution >= 4 is 11.9 Å². The zero-order chi connectivity index (χ0) is 18.2. The number of hydrogen-bond donors (Lipinski definition) is 0. The number of esters is 2. The van der Waals surface area contributed by atoms with Crippen LogP contribution in [-0.4, -0.2) is 25.2 Å². The second kappa shape index (κ2) is 8.87. The van der Waals surface area contributed by atoms with Crippen LogP contribution in [0.5, 0.6) is 11.5 Å². The number of carbonyl (C=O) groups is 2. The van der Waals surface area contributed by atoms with Gasteiger partial charge in [-0.3, -0.25) is 0 Å². The van der Waals surface area contributed by atoms with Crippen LogP contribution in [0.3, 0.4) is 0 Å². The molecule has 0 aliphatic rings.